The highest BCUT2D eigenvalue weighted by molar-refractivity contribution is 5.92. The molecule has 0 aliphatic heterocycles. The quantitative estimate of drug-likeness (QED) is 0.566. The van der Waals surface area contributed by atoms with E-state index in [0.29, 0.717) is 18.3 Å². The number of hydrogen-bond acceptors (Lipinski definition) is 3. The van der Waals surface area contributed by atoms with Gasteiger partial charge < -0.3 is 20.9 Å². The topological polar surface area (TPSA) is 79.9 Å². The molecule has 1 unspecified atom stereocenters. The third kappa shape index (κ3) is 5.10. The Morgan fingerprint density at radius 2 is 1.91 bits per heavy atom. The number of ether oxygens (including phenoxy) is 1. The van der Waals surface area contributed by atoms with Gasteiger partial charge in [-0.05, 0) is 30.2 Å². The van der Waals surface area contributed by atoms with Gasteiger partial charge in [-0.3, -0.25) is 4.99 Å². The van der Waals surface area contributed by atoms with Crippen LogP contribution in [-0.2, 0) is 0 Å². The van der Waals surface area contributed by atoms with Crippen molar-refractivity contribution in [2.24, 2.45) is 16.6 Å². The van der Waals surface area contributed by atoms with Crippen LogP contribution in [-0.4, -0.2) is 24.2 Å². The number of nitrogens with two attached hydrogens (primary N) is 1. The van der Waals surface area contributed by atoms with E-state index in [-0.39, 0.29) is 12.5 Å². The van der Waals surface area contributed by atoms with Gasteiger partial charge in [0.1, 0.15) is 11.5 Å². The maximum Gasteiger partial charge on any atom is 0.193 e. The molecule has 0 aliphatic carbocycles. The van der Waals surface area contributed by atoms with Gasteiger partial charge in [0.15, 0.2) is 5.96 Å². The molecule has 5 heteroatoms. The Morgan fingerprint density at radius 3 is 2.64 bits per heavy atom. The van der Waals surface area contributed by atoms with Gasteiger partial charge in [0.05, 0.1) is 0 Å². The number of nitrogens with one attached hydrogen (secondary N) is 1. The second kappa shape index (κ2) is 8.05. The van der Waals surface area contributed by atoms with Gasteiger partial charge in [-0.15, -0.1) is 0 Å². The molecule has 0 aliphatic rings. The molecule has 4 N–H and O–H groups in total. The molecule has 2 aromatic carbocycles. The number of benzene rings is 2. The number of nitrogens with zero attached hydrogens (tertiary/aromatic N) is 1. The molecule has 22 heavy (non-hydrogen) atoms. The van der Waals surface area contributed by atoms with Crippen LogP contribution in [0.3, 0.4) is 0 Å². The van der Waals surface area contributed by atoms with Gasteiger partial charge in [0.2, 0.25) is 0 Å². The SMILES string of the molecule is CC(CO)CN=C(N)Nc1cccc(Oc2ccccc2)c1. The Hall–Kier alpha value is -2.53. The number of guanidine groups is 1. The Morgan fingerprint density at radius 1 is 1.18 bits per heavy atom. The van der Waals surface area contributed by atoms with Crippen LogP contribution in [0.25, 0.3) is 0 Å². The van der Waals surface area contributed by atoms with E-state index in [9.17, 15) is 0 Å². The fraction of sp³-hybridized carbons (Fsp3) is 0.235. The molecule has 0 spiro atoms. The molecule has 0 fully saturated rings. The third-order valence-electron chi connectivity index (χ3n) is 2.97. The first-order valence-corrected chi connectivity index (χ1v) is 7.18. The van der Waals surface area contributed by atoms with Crippen LogP contribution in [0.15, 0.2) is 59.6 Å². The van der Waals surface area contributed by atoms with Crippen molar-refractivity contribution in [3.8, 4) is 11.5 Å². The van der Waals surface area contributed by atoms with Gasteiger partial charge in [-0.25, -0.2) is 0 Å². The second-order valence-corrected chi connectivity index (χ2v) is 5.08. The van der Waals surface area contributed by atoms with Gasteiger partial charge in [-0.2, -0.15) is 0 Å². The van der Waals surface area contributed by atoms with Crippen LogP contribution in [0, 0.1) is 5.92 Å². The monoisotopic (exact) mass is 299 g/mol. The Labute approximate surface area is 130 Å². The fourth-order valence-electron chi connectivity index (χ4n) is 1.76. The highest BCUT2D eigenvalue weighted by Crippen LogP contribution is 2.23. The summed E-state index contributed by atoms with van der Waals surface area (Å²) in [4.78, 5) is 4.19. The summed E-state index contributed by atoms with van der Waals surface area (Å²) in [5.74, 6) is 1.90. The van der Waals surface area contributed by atoms with E-state index < -0.39 is 0 Å². The van der Waals surface area contributed by atoms with Crippen molar-refractivity contribution in [2.75, 3.05) is 18.5 Å². The molecule has 5 nitrogen and oxygen atoms in total. The zero-order chi connectivity index (χ0) is 15.8. The summed E-state index contributed by atoms with van der Waals surface area (Å²) in [6.07, 6.45) is 0. The molecule has 0 saturated heterocycles. The van der Waals surface area contributed by atoms with Crippen molar-refractivity contribution in [3.05, 3.63) is 54.6 Å². The van der Waals surface area contributed by atoms with Crippen LogP contribution in [0.2, 0.25) is 0 Å². The average Bonchev–Trinajstić information content (AvgIpc) is 2.54. The summed E-state index contributed by atoms with van der Waals surface area (Å²) in [6.45, 7) is 2.48. The summed E-state index contributed by atoms with van der Waals surface area (Å²) in [7, 11) is 0. The Bertz CT molecular complexity index is 614. The largest absolute Gasteiger partial charge is 0.457 e. The predicted octanol–water partition coefficient (Wildman–Crippen LogP) is 2.83. The standard InChI is InChI=1S/C17H21N3O2/c1-13(12-21)11-19-17(18)20-14-6-5-9-16(10-14)22-15-7-3-2-4-8-15/h2-10,13,21H,11-12H2,1H3,(H3,18,19,20). The molecule has 0 bridgehead atoms. The lowest BCUT2D eigenvalue weighted by Gasteiger charge is -2.10. The van der Waals surface area contributed by atoms with Crippen molar-refractivity contribution in [1.29, 1.82) is 0 Å². The van der Waals surface area contributed by atoms with Crippen molar-refractivity contribution in [2.45, 2.75) is 6.92 Å². The number of aliphatic hydroxyl groups excluding tert-OH is 1. The van der Waals surface area contributed by atoms with E-state index in [1.54, 1.807) is 0 Å². The van der Waals surface area contributed by atoms with Crippen molar-refractivity contribution < 1.29 is 9.84 Å². The summed E-state index contributed by atoms with van der Waals surface area (Å²) in [6, 6.07) is 17.1. The third-order valence-corrected chi connectivity index (χ3v) is 2.97. The smallest absolute Gasteiger partial charge is 0.193 e. The number of hydrogen-bond donors (Lipinski definition) is 3. The molecule has 0 saturated carbocycles. The lowest BCUT2D eigenvalue weighted by Crippen LogP contribution is -2.24. The highest BCUT2D eigenvalue weighted by atomic mass is 16.5. The minimum atomic E-state index is 0.0908. The number of aliphatic hydroxyl groups is 1. The Kier molecular flexibility index (Phi) is 5.80. The number of anilines is 1. The second-order valence-electron chi connectivity index (χ2n) is 5.08. The van der Waals surface area contributed by atoms with E-state index in [1.165, 1.54) is 0 Å². The highest BCUT2D eigenvalue weighted by Gasteiger charge is 2.01. The molecule has 1 atom stereocenters. The Balaban J connectivity index is 1.99. The lowest BCUT2D eigenvalue weighted by molar-refractivity contribution is 0.242. The number of rotatable bonds is 6. The summed E-state index contributed by atoms with van der Waals surface area (Å²) in [5, 5.41) is 12.0. The lowest BCUT2D eigenvalue weighted by atomic mass is 10.2. The summed E-state index contributed by atoms with van der Waals surface area (Å²) < 4.78 is 5.76. The first kappa shape index (κ1) is 15.9. The molecular formula is C17H21N3O2. The number of aliphatic imine (C=N–C) groups is 1. The van der Waals surface area contributed by atoms with Crippen LogP contribution < -0.4 is 15.8 Å². The predicted molar refractivity (Wildman–Crippen MR) is 89.3 cm³/mol. The maximum absolute atomic E-state index is 8.97. The molecule has 0 aromatic heterocycles. The van der Waals surface area contributed by atoms with Gasteiger partial charge in [0.25, 0.3) is 0 Å². The minimum absolute atomic E-state index is 0.0908. The van der Waals surface area contributed by atoms with Gasteiger partial charge in [-0.1, -0.05) is 31.2 Å². The number of para-hydroxylation sites is 1. The molecule has 2 aromatic rings. The van der Waals surface area contributed by atoms with Gasteiger partial charge in [0, 0.05) is 24.9 Å². The first-order chi connectivity index (χ1) is 10.7. The molecule has 0 radical (unpaired) electrons. The van der Waals surface area contributed by atoms with Crippen LogP contribution in [0.4, 0.5) is 5.69 Å². The fourth-order valence-corrected chi connectivity index (χ4v) is 1.76. The van der Waals surface area contributed by atoms with Crippen LogP contribution in [0.1, 0.15) is 6.92 Å². The molecule has 0 amide bonds. The van der Waals surface area contributed by atoms with Crippen molar-refractivity contribution in [1.82, 2.24) is 0 Å². The zero-order valence-electron chi connectivity index (χ0n) is 12.6. The normalized spacial score (nSPS) is 12.7. The molecule has 116 valence electrons. The van der Waals surface area contributed by atoms with Crippen molar-refractivity contribution in [3.63, 3.8) is 0 Å². The minimum Gasteiger partial charge on any atom is -0.457 e. The van der Waals surface area contributed by atoms with E-state index in [0.717, 1.165) is 11.4 Å². The van der Waals surface area contributed by atoms with Gasteiger partial charge >= 0.3 is 0 Å². The van der Waals surface area contributed by atoms with E-state index >= 15 is 0 Å². The average molecular weight is 299 g/mol. The summed E-state index contributed by atoms with van der Waals surface area (Å²) in [5.41, 5.74) is 6.63. The first-order valence-electron chi connectivity index (χ1n) is 7.18. The van der Waals surface area contributed by atoms with Crippen molar-refractivity contribution >= 4 is 11.6 Å². The van der Waals surface area contributed by atoms with E-state index in [2.05, 4.69) is 10.3 Å². The molecule has 2 rings (SSSR count). The maximum atomic E-state index is 8.97. The molecule has 0 heterocycles. The zero-order valence-corrected chi connectivity index (χ0v) is 12.6. The molecular weight excluding hydrogens is 278 g/mol. The summed E-state index contributed by atoms with van der Waals surface area (Å²) >= 11 is 0. The van der Waals surface area contributed by atoms with E-state index in [4.69, 9.17) is 15.6 Å². The van der Waals surface area contributed by atoms with E-state index in [1.807, 2.05) is 61.5 Å². The van der Waals surface area contributed by atoms with Crippen LogP contribution >= 0.6 is 0 Å². The van der Waals surface area contributed by atoms with Crippen LogP contribution in [0.5, 0.6) is 11.5 Å².